The van der Waals surface area contributed by atoms with Crippen LogP contribution >= 0.6 is 0 Å². The summed E-state index contributed by atoms with van der Waals surface area (Å²) in [5.74, 6) is 1.55. The molecule has 0 radical (unpaired) electrons. The standard InChI is InChI=1S/C13H19NO3/c1-9-6-10(11(15)8-14-2)7-12-13(9)17-5-3-4-16-12/h6-7,11,14-15H,3-5,8H2,1-2H3. The molecule has 4 nitrogen and oxygen atoms in total. The highest BCUT2D eigenvalue weighted by atomic mass is 16.5. The zero-order valence-corrected chi connectivity index (χ0v) is 10.3. The summed E-state index contributed by atoms with van der Waals surface area (Å²) in [6, 6.07) is 3.82. The lowest BCUT2D eigenvalue weighted by Crippen LogP contribution is -2.16. The second-order valence-electron chi connectivity index (χ2n) is 4.29. The predicted molar refractivity (Wildman–Crippen MR) is 65.7 cm³/mol. The molecule has 0 bridgehead atoms. The third-order valence-corrected chi connectivity index (χ3v) is 2.84. The Morgan fingerprint density at radius 3 is 2.88 bits per heavy atom. The van der Waals surface area contributed by atoms with Crippen LogP contribution in [0.4, 0.5) is 0 Å². The number of hydrogen-bond donors (Lipinski definition) is 2. The molecule has 4 heteroatoms. The quantitative estimate of drug-likeness (QED) is 0.834. The van der Waals surface area contributed by atoms with Crippen molar-refractivity contribution < 1.29 is 14.6 Å². The van der Waals surface area contributed by atoms with Crippen molar-refractivity contribution in [2.75, 3.05) is 26.8 Å². The number of hydrogen-bond acceptors (Lipinski definition) is 4. The number of benzene rings is 1. The fourth-order valence-corrected chi connectivity index (χ4v) is 1.98. The van der Waals surface area contributed by atoms with Crippen molar-refractivity contribution in [1.29, 1.82) is 0 Å². The Hall–Kier alpha value is -1.26. The number of nitrogens with one attached hydrogen (secondary N) is 1. The Balaban J connectivity index is 2.31. The van der Waals surface area contributed by atoms with Gasteiger partial charge in [-0.25, -0.2) is 0 Å². The zero-order valence-electron chi connectivity index (χ0n) is 10.3. The molecule has 0 amide bonds. The first-order valence-corrected chi connectivity index (χ1v) is 5.95. The molecule has 2 N–H and O–H groups in total. The second-order valence-corrected chi connectivity index (χ2v) is 4.29. The van der Waals surface area contributed by atoms with Gasteiger partial charge >= 0.3 is 0 Å². The van der Waals surface area contributed by atoms with Crippen molar-refractivity contribution in [1.82, 2.24) is 5.32 Å². The molecule has 1 aromatic rings. The molecule has 1 aromatic carbocycles. The van der Waals surface area contributed by atoms with Crippen molar-refractivity contribution in [2.24, 2.45) is 0 Å². The Labute approximate surface area is 102 Å². The van der Waals surface area contributed by atoms with Crippen LogP contribution in [-0.2, 0) is 0 Å². The Bertz CT molecular complexity index is 392. The molecule has 17 heavy (non-hydrogen) atoms. The predicted octanol–water partition coefficient (Wildman–Crippen LogP) is 1.41. The molecule has 1 atom stereocenters. The zero-order chi connectivity index (χ0) is 12.3. The summed E-state index contributed by atoms with van der Waals surface area (Å²) in [7, 11) is 1.82. The van der Waals surface area contributed by atoms with Crippen LogP contribution in [0, 0.1) is 6.92 Å². The third-order valence-electron chi connectivity index (χ3n) is 2.84. The monoisotopic (exact) mass is 237 g/mol. The van der Waals surface area contributed by atoms with Crippen LogP contribution in [0.2, 0.25) is 0 Å². The molecule has 1 heterocycles. The number of fused-ring (bicyclic) bond motifs is 1. The summed E-state index contributed by atoms with van der Waals surface area (Å²) < 4.78 is 11.3. The minimum Gasteiger partial charge on any atom is -0.490 e. The molecule has 0 spiro atoms. The van der Waals surface area contributed by atoms with Crippen LogP contribution in [0.3, 0.4) is 0 Å². The van der Waals surface area contributed by atoms with Crippen LogP contribution in [0.25, 0.3) is 0 Å². The molecule has 1 aliphatic rings. The van der Waals surface area contributed by atoms with Gasteiger partial charge in [0, 0.05) is 13.0 Å². The molecular weight excluding hydrogens is 218 g/mol. The van der Waals surface area contributed by atoms with Crippen molar-refractivity contribution in [3.05, 3.63) is 23.3 Å². The SMILES string of the molecule is CNCC(O)c1cc(C)c2c(c1)OCCCO2. The van der Waals surface area contributed by atoms with Crippen molar-refractivity contribution in [3.8, 4) is 11.5 Å². The molecule has 0 aliphatic carbocycles. The van der Waals surface area contributed by atoms with Crippen LogP contribution in [-0.4, -0.2) is 31.9 Å². The minimum absolute atomic E-state index is 0.518. The van der Waals surface area contributed by atoms with E-state index in [0.717, 1.165) is 29.0 Å². The first-order valence-electron chi connectivity index (χ1n) is 5.95. The minimum atomic E-state index is -0.518. The summed E-state index contributed by atoms with van der Waals surface area (Å²) in [5.41, 5.74) is 1.87. The summed E-state index contributed by atoms with van der Waals surface area (Å²) >= 11 is 0. The summed E-state index contributed by atoms with van der Waals surface area (Å²) in [5, 5.41) is 12.9. The molecule has 1 unspecified atom stereocenters. The van der Waals surface area contributed by atoms with E-state index >= 15 is 0 Å². The third kappa shape index (κ3) is 2.70. The Morgan fingerprint density at radius 2 is 2.12 bits per heavy atom. The molecular formula is C13H19NO3. The molecule has 0 saturated carbocycles. The highest BCUT2D eigenvalue weighted by Crippen LogP contribution is 2.35. The van der Waals surface area contributed by atoms with Gasteiger partial charge in [-0.3, -0.25) is 0 Å². The number of aryl methyl sites for hydroxylation is 1. The molecule has 0 aromatic heterocycles. The van der Waals surface area contributed by atoms with Crippen molar-refractivity contribution in [2.45, 2.75) is 19.4 Å². The van der Waals surface area contributed by atoms with Crippen LogP contribution in [0.5, 0.6) is 11.5 Å². The molecule has 1 aliphatic heterocycles. The maximum absolute atomic E-state index is 9.96. The smallest absolute Gasteiger partial charge is 0.164 e. The van der Waals surface area contributed by atoms with Gasteiger partial charge in [-0.05, 0) is 37.2 Å². The largest absolute Gasteiger partial charge is 0.490 e. The number of likely N-dealkylation sites (N-methyl/N-ethyl adjacent to an activating group) is 1. The van der Waals surface area contributed by atoms with E-state index in [-0.39, 0.29) is 0 Å². The summed E-state index contributed by atoms with van der Waals surface area (Å²) in [6.45, 7) is 3.85. The number of rotatable bonds is 3. The van der Waals surface area contributed by atoms with Gasteiger partial charge < -0.3 is 19.9 Å². The van der Waals surface area contributed by atoms with Gasteiger partial charge in [-0.15, -0.1) is 0 Å². The number of ether oxygens (including phenoxy) is 2. The van der Waals surface area contributed by atoms with Crippen LogP contribution < -0.4 is 14.8 Å². The van der Waals surface area contributed by atoms with Gasteiger partial charge in [-0.2, -0.15) is 0 Å². The summed E-state index contributed by atoms with van der Waals surface area (Å²) in [4.78, 5) is 0. The topological polar surface area (TPSA) is 50.7 Å². The van der Waals surface area contributed by atoms with Crippen molar-refractivity contribution in [3.63, 3.8) is 0 Å². The lowest BCUT2D eigenvalue weighted by Gasteiger charge is -2.16. The first-order chi connectivity index (χ1) is 8.22. The number of aliphatic hydroxyl groups is 1. The van der Waals surface area contributed by atoms with E-state index in [1.807, 2.05) is 26.1 Å². The fraction of sp³-hybridized carbons (Fsp3) is 0.538. The van der Waals surface area contributed by atoms with E-state index < -0.39 is 6.10 Å². The normalized spacial score (nSPS) is 16.4. The van der Waals surface area contributed by atoms with Crippen LogP contribution in [0.1, 0.15) is 23.7 Å². The highest BCUT2D eigenvalue weighted by Gasteiger charge is 2.17. The molecule has 0 saturated heterocycles. The average molecular weight is 237 g/mol. The lowest BCUT2D eigenvalue weighted by molar-refractivity contribution is 0.177. The Morgan fingerprint density at radius 1 is 1.35 bits per heavy atom. The van der Waals surface area contributed by atoms with Gasteiger partial charge in [0.25, 0.3) is 0 Å². The van der Waals surface area contributed by atoms with E-state index in [9.17, 15) is 5.11 Å². The lowest BCUT2D eigenvalue weighted by atomic mass is 10.0. The number of aliphatic hydroxyl groups excluding tert-OH is 1. The fourth-order valence-electron chi connectivity index (χ4n) is 1.98. The van der Waals surface area contributed by atoms with Crippen molar-refractivity contribution >= 4 is 0 Å². The molecule has 2 rings (SSSR count). The molecule has 0 fully saturated rings. The van der Waals surface area contributed by atoms with Gasteiger partial charge in [0.1, 0.15) is 0 Å². The van der Waals surface area contributed by atoms with Crippen LogP contribution in [0.15, 0.2) is 12.1 Å². The van der Waals surface area contributed by atoms with E-state index in [0.29, 0.717) is 19.8 Å². The molecule has 94 valence electrons. The van der Waals surface area contributed by atoms with Gasteiger partial charge in [-0.1, -0.05) is 0 Å². The second kappa shape index (κ2) is 5.38. The van der Waals surface area contributed by atoms with E-state index in [4.69, 9.17) is 9.47 Å². The highest BCUT2D eigenvalue weighted by molar-refractivity contribution is 5.49. The maximum atomic E-state index is 9.96. The van der Waals surface area contributed by atoms with Gasteiger partial charge in [0.2, 0.25) is 0 Å². The van der Waals surface area contributed by atoms with Gasteiger partial charge in [0.05, 0.1) is 19.3 Å². The van der Waals surface area contributed by atoms with E-state index in [1.165, 1.54) is 0 Å². The van der Waals surface area contributed by atoms with Gasteiger partial charge in [0.15, 0.2) is 11.5 Å². The first kappa shape index (κ1) is 12.2. The Kier molecular flexibility index (Phi) is 3.86. The average Bonchev–Trinajstić information content (AvgIpc) is 2.54. The maximum Gasteiger partial charge on any atom is 0.164 e. The summed E-state index contributed by atoms with van der Waals surface area (Å²) in [6.07, 6.45) is 0.374. The van der Waals surface area contributed by atoms with E-state index in [1.54, 1.807) is 0 Å². The van der Waals surface area contributed by atoms with E-state index in [2.05, 4.69) is 5.32 Å².